The summed E-state index contributed by atoms with van der Waals surface area (Å²) in [6.45, 7) is 3.73. The van der Waals surface area contributed by atoms with Crippen molar-refractivity contribution in [3.63, 3.8) is 0 Å². The van der Waals surface area contributed by atoms with Gasteiger partial charge in [-0.05, 0) is 29.3 Å². The van der Waals surface area contributed by atoms with Crippen LogP contribution >= 0.6 is 38.9 Å². The van der Waals surface area contributed by atoms with Crippen LogP contribution in [0.15, 0.2) is 10.5 Å². The smallest absolute Gasteiger partial charge is 0.131 e. The van der Waals surface area contributed by atoms with E-state index in [9.17, 15) is 0 Å². The number of aromatic nitrogens is 1. The Hall–Kier alpha value is -0.840. The Morgan fingerprint density at radius 3 is 3.17 bits per heavy atom. The van der Waals surface area contributed by atoms with Gasteiger partial charge < -0.3 is 15.8 Å². The van der Waals surface area contributed by atoms with Crippen molar-refractivity contribution in [3.05, 3.63) is 20.6 Å². The topological polar surface area (TPSA) is 60.2 Å². The average molecular weight is 415 g/mol. The second kappa shape index (κ2) is 7.37. The third-order valence-corrected chi connectivity index (χ3v) is 6.46. The number of hydrogen-bond acceptors (Lipinski definition) is 5. The molecule has 2 aromatic rings. The molecule has 0 saturated carbocycles. The molecule has 3 rings (SSSR count). The first-order chi connectivity index (χ1) is 11.1. The van der Waals surface area contributed by atoms with Crippen molar-refractivity contribution in [3.8, 4) is 11.8 Å². The standard InChI is InChI=1S/C16H17BrClN3OS/c1-2-3-5-20-11-7-12(18)21-14-13(17)15(23-16(11)14)9-4-6-22-8-10(9)19/h7,9-10H,4-6,8,19H2,1H3,(H,20,21)/t9-,10-/m0/s1. The van der Waals surface area contributed by atoms with Gasteiger partial charge >= 0.3 is 0 Å². The molecule has 4 nitrogen and oxygen atoms in total. The minimum atomic E-state index is 0.00551. The van der Waals surface area contributed by atoms with Crippen LogP contribution in [0.5, 0.6) is 0 Å². The van der Waals surface area contributed by atoms with Crippen molar-refractivity contribution in [2.45, 2.75) is 25.3 Å². The van der Waals surface area contributed by atoms with E-state index >= 15 is 0 Å². The van der Waals surface area contributed by atoms with Gasteiger partial charge in [0.05, 0.1) is 33.5 Å². The lowest BCUT2D eigenvalue weighted by Gasteiger charge is -2.28. The summed E-state index contributed by atoms with van der Waals surface area (Å²) in [5.41, 5.74) is 8.08. The Balaban J connectivity index is 2.05. The van der Waals surface area contributed by atoms with Crippen molar-refractivity contribution < 1.29 is 4.74 Å². The molecule has 3 heterocycles. The molecule has 7 heteroatoms. The van der Waals surface area contributed by atoms with Gasteiger partial charge in [-0.1, -0.05) is 17.5 Å². The molecule has 1 fully saturated rings. The molecule has 3 N–H and O–H groups in total. The number of fused-ring (bicyclic) bond motifs is 1. The van der Waals surface area contributed by atoms with Crippen LogP contribution in [-0.2, 0) is 4.74 Å². The van der Waals surface area contributed by atoms with E-state index in [-0.39, 0.29) is 12.0 Å². The highest BCUT2D eigenvalue weighted by Crippen LogP contribution is 2.45. The highest BCUT2D eigenvalue weighted by molar-refractivity contribution is 9.10. The molecule has 0 amide bonds. The first kappa shape index (κ1) is 17.0. The fourth-order valence-corrected chi connectivity index (χ4v) is 5.19. The highest BCUT2D eigenvalue weighted by Gasteiger charge is 2.29. The summed E-state index contributed by atoms with van der Waals surface area (Å²) in [4.78, 5) is 5.70. The second-order valence-corrected chi connectivity index (χ2v) is 7.60. The molecule has 0 radical (unpaired) electrons. The highest BCUT2D eigenvalue weighted by atomic mass is 79.9. The van der Waals surface area contributed by atoms with E-state index in [1.54, 1.807) is 11.3 Å². The number of halogens is 2. The molecule has 1 aliphatic rings. The maximum absolute atomic E-state index is 6.25. The number of ether oxygens (including phenoxy) is 1. The predicted molar refractivity (Wildman–Crippen MR) is 100 cm³/mol. The van der Waals surface area contributed by atoms with Gasteiger partial charge in [0.1, 0.15) is 5.15 Å². The maximum Gasteiger partial charge on any atom is 0.131 e. The number of hydrogen-bond donors (Lipinski definition) is 2. The van der Waals surface area contributed by atoms with Gasteiger partial charge in [0, 0.05) is 29.5 Å². The summed E-state index contributed by atoms with van der Waals surface area (Å²) in [6, 6.07) is 1.85. The van der Waals surface area contributed by atoms with Gasteiger partial charge in [0.2, 0.25) is 0 Å². The monoisotopic (exact) mass is 413 g/mol. The lowest BCUT2D eigenvalue weighted by atomic mass is 9.94. The summed E-state index contributed by atoms with van der Waals surface area (Å²) in [7, 11) is 0. The third-order valence-electron chi connectivity index (χ3n) is 3.86. The normalized spacial score (nSPS) is 21.0. The Kier molecular flexibility index (Phi) is 5.45. The Morgan fingerprint density at radius 1 is 1.61 bits per heavy atom. The fraction of sp³-hybridized carbons (Fsp3) is 0.438. The van der Waals surface area contributed by atoms with Crippen molar-refractivity contribution in [1.82, 2.24) is 4.98 Å². The van der Waals surface area contributed by atoms with Crippen LogP contribution in [0.4, 0.5) is 5.69 Å². The predicted octanol–water partition coefficient (Wildman–Crippen LogP) is 3.98. The average Bonchev–Trinajstić information content (AvgIpc) is 2.85. The number of pyridine rings is 1. The van der Waals surface area contributed by atoms with E-state index in [0.29, 0.717) is 18.3 Å². The van der Waals surface area contributed by atoms with Crippen LogP contribution in [0.25, 0.3) is 10.2 Å². The SMILES string of the molecule is CC#CCNc1cc(Cl)nc2c(Br)c([C@H]3CCOC[C@@H]3N)sc12. The molecule has 23 heavy (non-hydrogen) atoms. The van der Waals surface area contributed by atoms with Crippen molar-refractivity contribution in [1.29, 1.82) is 0 Å². The van der Waals surface area contributed by atoms with Crippen molar-refractivity contribution in [2.75, 3.05) is 25.1 Å². The van der Waals surface area contributed by atoms with E-state index in [4.69, 9.17) is 22.1 Å². The molecule has 0 aromatic carbocycles. The lowest BCUT2D eigenvalue weighted by Crippen LogP contribution is -2.37. The molecular weight excluding hydrogens is 398 g/mol. The Morgan fingerprint density at radius 2 is 2.43 bits per heavy atom. The molecular formula is C16H17BrClN3OS. The van der Waals surface area contributed by atoms with E-state index in [1.165, 1.54) is 4.88 Å². The molecule has 2 aromatic heterocycles. The van der Waals surface area contributed by atoms with E-state index in [2.05, 4.69) is 38.1 Å². The largest absolute Gasteiger partial charge is 0.380 e. The second-order valence-electron chi connectivity index (χ2n) is 5.36. The van der Waals surface area contributed by atoms with E-state index in [1.807, 2.05) is 13.0 Å². The summed E-state index contributed by atoms with van der Waals surface area (Å²) in [5, 5.41) is 3.78. The zero-order valence-electron chi connectivity index (χ0n) is 12.7. The van der Waals surface area contributed by atoms with Gasteiger partial charge in [-0.2, -0.15) is 0 Å². The van der Waals surface area contributed by atoms with Crippen LogP contribution in [-0.4, -0.2) is 30.8 Å². The number of nitrogens with zero attached hydrogens (tertiary/aromatic N) is 1. The lowest BCUT2D eigenvalue weighted by molar-refractivity contribution is 0.0702. The van der Waals surface area contributed by atoms with Crippen LogP contribution in [0.2, 0.25) is 5.15 Å². The molecule has 122 valence electrons. The number of thiophene rings is 1. The quantitative estimate of drug-likeness (QED) is 0.589. The van der Waals surface area contributed by atoms with E-state index < -0.39 is 0 Å². The van der Waals surface area contributed by atoms with Gasteiger partial charge in [-0.15, -0.1) is 17.3 Å². The van der Waals surface area contributed by atoms with Crippen LogP contribution in [0.3, 0.4) is 0 Å². The van der Waals surface area contributed by atoms with Crippen LogP contribution in [0.1, 0.15) is 24.1 Å². The summed E-state index contributed by atoms with van der Waals surface area (Å²) >= 11 is 11.6. The maximum atomic E-state index is 6.25. The third kappa shape index (κ3) is 3.49. The molecule has 2 atom stereocenters. The number of rotatable bonds is 3. The molecule has 0 aliphatic carbocycles. The molecule has 1 saturated heterocycles. The van der Waals surface area contributed by atoms with Crippen LogP contribution in [0, 0.1) is 11.8 Å². The van der Waals surface area contributed by atoms with Gasteiger partial charge in [0.25, 0.3) is 0 Å². The minimum absolute atomic E-state index is 0.00551. The van der Waals surface area contributed by atoms with Crippen molar-refractivity contribution in [2.24, 2.45) is 5.73 Å². The summed E-state index contributed by atoms with van der Waals surface area (Å²) in [5.74, 6) is 6.16. The van der Waals surface area contributed by atoms with E-state index in [0.717, 1.165) is 33.4 Å². The Labute approximate surface area is 152 Å². The zero-order chi connectivity index (χ0) is 16.4. The summed E-state index contributed by atoms with van der Waals surface area (Å²) in [6.07, 6.45) is 0.921. The number of nitrogens with one attached hydrogen (secondary N) is 1. The molecule has 1 aliphatic heterocycles. The Bertz CT molecular complexity index is 783. The van der Waals surface area contributed by atoms with Gasteiger partial charge in [-0.3, -0.25) is 0 Å². The molecule has 0 unspecified atom stereocenters. The van der Waals surface area contributed by atoms with Gasteiger partial charge in [-0.25, -0.2) is 4.98 Å². The first-order valence-electron chi connectivity index (χ1n) is 7.37. The zero-order valence-corrected chi connectivity index (χ0v) is 15.8. The first-order valence-corrected chi connectivity index (χ1v) is 9.35. The van der Waals surface area contributed by atoms with Crippen LogP contribution < -0.4 is 11.1 Å². The number of anilines is 1. The fourth-order valence-electron chi connectivity index (χ4n) is 2.71. The summed E-state index contributed by atoms with van der Waals surface area (Å²) < 4.78 is 7.53. The van der Waals surface area contributed by atoms with Gasteiger partial charge in [0.15, 0.2) is 0 Å². The minimum Gasteiger partial charge on any atom is -0.380 e. The molecule has 0 spiro atoms. The number of nitrogens with two attached hydrogens (primary N) is 1. The van der Waals surface area contributed by atoms with Crippen molar-refractivity contribution >= 4 is 54.8 Å². The molecule has 0 bridgehead atoms.